The van der Waals surface area contributed by atoms with Gasteiger partial charge in [0.1, 0.15) is 0 Å². The smallest absolute Gasteiger partial charge is 0.181 e. The van der Waals surface area contributed by atoms with Crippen LogP contribution in [-0.4, -0.2) is 36.7 Å². The van der Waals surface area contributed by atoms with Gasteiger partial charge in [-0.25, -0.2) is 4.98 Å². The molecule has 0 radical (unpaired) electrons. The van der Waals surface area contributed by atoms with E-state index >= 15 is 0 Å². The lowest BCUT2D eigenvalue weighted by atomic mass is 10.0. The first kappa shape index (κ1) is 20.3. The molecule has 34 heavy (non-hydrogen) atoms. The van der Waals surface area contributed by atoms with Crippen molar-refractivity contribution in [3.05, 3.63) is 85.1 Å². The average molecular weight is 446 g/mol. The molecule has 0 amide bonds. The molecule has 0 aliphatic carbocycles. The molecule has 5 heterocycles. The van der Waals surface area contributed by atoms with Crippen LogP contribution in [0.2, 0.25) is 0 Å². The van der Waals surface area contributed by atoms with Crippen LogP contribution in [0.25, 0.3) is 55.6 Å². The molecule has 166 valence electrons. The number of fused-ring (bicyclic) bond motifs is 2. The molecular formula is C27H23N7. The summed E-state index contributed by atoms with van der Waals surface area (Å²) < 4.78 is 0. The number of hydrogen-bond acceptors (Lipinski definition) is 5. The maximum Gasteiger partial charge on any atom is 0.181 e. The minimum Gasteiger partial charge on any atom is -0.353 e. The number of nitrogens with one attached hydrogen (secondary N) is 3. The molecule has 7 nitrogen and oxygen atoms in total. The van der Waals surface area contributed by atoms with Crippen molar-refractivity contribution in [1.29, 1.82) is 0 Å². The van der Waals surface area contributed by atoms with Gasteiger partial charge in [0, 0.05) is 70.5 Å². The average Bonchev–Trinajstić information content (AvgIpc) is 3.51. The Morgan fingerprint density at radius 1 is 0.853 bits per heavy atom. The highest BCUT2D eigenvalue weighted by molar-refractivity contribution is 6.01. The molecule has 0 fully saturated rings. The fourth-order valence-electron chi connectivity index (χ4n) is 4.34. The number of nitrogens with zero attached hydrogens (tertiary/aromatic N) is 4. The highest BCUT2D eigenvalue weighted by Gasteiger charge is 2.15. The predicted molar refractivity (Wildman–Crippen MR) is 135 cm³/mol. The molecule has 1 aromatic carbocycles. The van der Waals surface area contributed by atoms with E-state index in [-0.39, 0.29) is 0 Å². The minimum absolute atomic E-state index is 0.682. The van der Waals surface area contributed by atoms with E-state index in [0.717, 1.165) is 68.6 Å². The first-order chi connectivity index (χ1) is 16.8. The minimum atomic E-state index is 0.682. The number of H-pyrrole nitrogens is 2. The van der Waals surface area contributed by atoms with E-state index in [4.69, 9.17) is 0 Å². The number of benzene rings is 1. The van der Waals surface area contributed by atoms with Gasteiger partial charge in [0.25, 0.3) is 0 Å². The van der Waals surface area contributed by atoms with Crippen LogP contribution in [0.3, 0.4) is 0 Å². The number of rotatable bonds is 6. The Morgan fingerprint density at radius 2 is 1.76 bits per heavy atom. The molecule has 3 N–H and O–H groups in total. The highest BCUT2D eigenvalue weighted by Crippen LogP contribution is 2.34. The molecule has 0 saturated carbocycles. The third-order valence-electron chi connectivity index (χ3n) is 6.02. The summed E-state index contributed by atoms with van der Waals surface area (Å²) in [6.45, 7) is 3.81. The van der Waals surface area contributed by atoms with Crippen LogP contribution in [0.15, 0.2) is 79.5 Å². The molecule has 6 aromatic rings. The van der Waals surface area contributed by atoms with Gasteiger partial charge in [0.2, 0.25) is 0 Å². The third kappa shape index (κ3) is 3.62. The van der Waals surface area contributed by atoms with E-state index in [1.807, 2.05) is 30.9 Å². The van der Waals surface area contributed by atoms with Crippen molar-refractivity contribution in [1.82, 2.24) is 35.5 Å². The second kappa shape index (κ2) is 8.53. The molecule has 0 atom stereocenters. The summed E-state index contributed by atoms with van der Waals surface area (Å²) in [4.78, 5) is 16.9. The van der Waals surface area contributed by atoms with Crippen molar-refractivity contribution < 1.29 is 0 Å². The fraction of sp³-hybridized carbons (Fsp3) is 0.111. The Hall–Kier alpha value is -4.36. The van der Waals surface area contributed by atoms with Crippen molar-refractivity contribution in [3.8, 4) is 33.6 Å². The van der Waals surface area contributed by atoms with Gasteiger partial charge < -0.3 is 10.3 Å². The molecule has 0 saturated heterocycles. The topological polar surface area (TPSA) is 95.2 Å². The van der Waals surface area contributed by atoms with Gasteiger partial charge in [0.05, 0.1) is 11.4 Å². The first-order valence-electron chi connectivity index (χ1n) is 11.3. The number of aromatic amines is 2. The molecule has 7 heteroatoms. The van der Waals surface area contributed by atoms with Gasteiger partial charge >= 0.3 is 0 Å². The lowest BCUT2D eigenvalue weighted by Crippen LogP contribution is -2.11. The van der Waals surface area contributed by atoms with Crippen LogP contribution in [0.5, 0.6) is 0 Å². The van der Waals surface area contributed by atoms with E-state index in [1.54, 1.807) is 6.20 Å². The lowest BCUT2D eigenvalue weighted by Gasteiger charge is -2.06. The van der Waals surface area contributed by atoms with Crippen LogP contribution in [0.1, 0.15) is 12.5 Å². The predicted octanol–water partition coefficient (Wildman–Crippen LogP) is 5.34. The summed E-state index contributed by atoms with van der Waals surface area (Å²) in [5, 5.41) is 13.1. The van der Waals surface area contributed by atoms with Gasteiger partial charge in [0.15, 0.2) is 5.65 Å². The Bertz CT molecular complexity index is 1600. The summed E-state index contributed by atoms with van der Waals surface area (Å²) >= 11 is 0. The van der Waals surface area contributed by atoms with E-state index < -0.39 is 0 Å². The molecule has 0 bridgehead atoms. The first-order valence-corrected chi connectivity index (χ1v) is 11.3. The molecule has 5 aromatic heterocycles. The molecule has 0 aliphatic rings. The van der Waals surface area contributed by atoms with Crippen LogP contribution in [-0.2, 0) is 6.54 Å². The van der Waals surface area contributed by atoms with Gasteiger partial charge in [-0.05, 0) is 48.0 Å². The largest absolute Gasteiger partial charge is 0.353 e. The molecule has 0 aliphatic heterocycles. The normalized spacial score (nSPS) is 11.4. The third-order valence-corrected chi connectivity index (χ3v) is 6.02. The van der Waals surface area contributed by atoms with Crippen molar-refractivity contribution in [2.75, 3.05) is 6.54 Å². The Kier molecular flexibility index (Phi) is 5.08. The Labute approximate surface area is 196 Å². The van der Waals surface area contributed by atoms with Crippen molar-refractivity contribution in [3.63, 3.8) is 0 Å². The van der Waals surface area contributed by atoms with E-state index in [1.165, 1.54) is 0 Å². The number of pyridine rings is 3. The summed E-state index contributed by atoms with van der Waals surface area (Å²) in [5.74, 6) is 0. The van der Waals surface area contributed by atoms with Crippen LogP contribution in [0.4, 0.5) is 0 Å². The monoisotopic (exact) mass is 445 g/mol. The fourth-order valence-corrected chi connectivity index (χ4v) is 4.34. The zero-order valence-corrected chi connectivity index (χ0v) is 18.7. The van der Waals surface area contributed by atoms with Crippen molar-refractivity contribution >= 4 is 21.9 Å². The van der Waals surface area contributed by atoms with Crippen LogP contribution < -0.4 is 5.32 Å². The second-order valence-electron chi connectivity index (χ2n) is 8.25. The molecule has 0 spiro atoms. The van der Waals surface area contributed by atoms with E-state index in [2.05, 4.69) is 84.8 Å². The van der Waals surface area contributed by atoms with Crippen molar-refractivity contribution in [2.24, 2.45) is 0 Å². The summed E-state index contributed by atoms with van der Waals surface area (Å²) in [5.41, 5.74) is 9.03. The molecule has 0 unspecified atom stereocenters. The van der Waals surface area contributed by atoms with Crippen LogP contribution >= 0.6 is 0 Å². The van der Waals surface area contributed by atoms with Gasteiger partial charge in [-0.3, -0.25) is 15.1 Å². The summed E-state index contributed by atoms with van der Waals surface area (Å²) in [7, 11) is 0. The van der Waals surface area contributed by atoms with Gasteiger partial charge in [-0.2, -0.15) is 5.10 Å². The molecule has 6 rings (SSSR count). The van der Waals surface area contributed by atoms with Crippen molar-refractivity contribution in [2.45, 2.75) is 13.5 Å². The van der Waals surface area contributed by atoms with Gasteiger partial charge in [-0.15, -0.1) is 0 Å². The van der Waals surface area contributed by atoms with Gasteiger partial charge in [-0.1, -0.05) is 25.1 Å². The number of hydrogen-bond donors (Lipinski definition) is 3. The summed E-state index contributed by atoms with van der Waals surface area (Å²) in [6.07, 6.45) is 9.31. The maximum atomic E-state index is 4.61. The molecular weight excluding hydrogens is 422 g/mol. The Morgan fingerprint density at radius 3 is 2.65 bits per heavy atom. The van der Waals surface area contributed by atoms with E-state index in [9.17, 15) is 0 Å². The second-order valence-corrected chi connectivity index (χ2v) is 8.25. The SMILES string of the molecule is CCNCc1cncc(-c2cnc3n[nH]c(-c4cc5c(-c6cccnc6)cccc5[nH]4)c3c2)c1. The quantitative estimate of drug-likeness (QED) is 0.322. The van der Waals surface area contributed by atoms with Crippen LogP contribution in [0, 0.1) is 0 Å². The lowest BCUT2D eigenvalue weighted by molar-refractivity contribution is 0.724. The Balaban J connectivity index is 1.44. The highest BCUT2D eigenvalue weighted by atomic mass is 15.2. The standard InChI is InChI=1S/C27H23N7/c1-2-28-12-17-9-19(15-30-13-17)20-10-23-26(33-34-27(23)31-16-20)25-11-22-21(6-3-7-24(22)32-25)18-5-4-8-29-14-18/h3-11,13-16,28,32H,2,12H2,1H3,(H,31,33,34). The zero-order chi connectivity index (χ0) is 22.9. The zero-order valence-electron chi connectivity index (χ0n) is 18.7. The summed E-state index contributed by atoms with van der Waals surface area (Å²) in [6, 6.07) is 16.7. The number of aromatic nitrogens is 6. The maximum absolute atomic E-state index is 4.61. The van der Waals surface area contributed by atoms with E-state index in [0.29, 0.717) is 5.65 Å².